The molecule has 0 aromatic carbocycles. The molecule has 0 saturated carbocycles. The van der Waals surface area contributed by atoms with Crippen molar-refractivity contribution in [1.29, 1.82) is 0 Å². The van der Waals surface area contributed by atoms with Crippen molar-refractivity contribution in [3.63, 3.8) is 0 Å². The summed E-state index contributed by atoms with van der Waals surface area (Å²) in [5.41, 5.74) is 0. The van der Waals surface area contributed by atoms with Gasteiger partial charge in [-0.15, -0.1) is 11.3 Å². The molecule has 1 N–H and O–H groups in total. The molecule has 1 saturated heterocycles. The van der Waals surface area contributed by atoms with Crippen LogP contribution in [-0.4, -0.2) is 36.7 Å². The van der Waals surface area contributed by atoms with Crippen LogP contribution in [0.3, 0.4) is 0 Å². The molecule has 0 aliphatic carbocycles. The van der Waals surface area contributed by atoms with Crippen LogP contribution in [0.5, 0.6) is 0 Å². The average Bonchev–Trinajstić information content (AvgIpc) is 3.16. The molecule has 2 rings (SSSR count). The van der Waals surface area contributed by atoms with E-state index in [1.807, 2.05) is 11.0 Å². The molecule has 21 heavy (non-hydrogen) atoms. The van der Waals surface area contributed by atoms with Crippen molar-refractivity contribution in [2.75, 3.05) is 19.7 Å². The number of ether oxygens (including phenoxy) is 1. The standard InChI is InChI=1S/C16H26N2O2S/c1-2-3-4-9-17-16(19)18(12-14-7-5-10-20-14)13-15-8-6-11-21-15/h6,8,11,14H,2-5,7,9-10,12-13H2,1H3,(H,17,19). The van der Waals surface area contributed by atoms with E-state index in [1.165, 1.54) is 11.3 Å². The first-order chi connectivity index (χ1) is 10.3. The molecule has 1 fully saturated rings. The summed E-state index contributed by atoms with van der Waals surface area (Å²) in [7, 11) is 0. The van der Waals surface area contributed by atoms with Crippen molar-refractivity contribution in [3.8, 4) is 0 Å². The van der Waals surface area contributed by atoms with Gasteiger partial charge in [0.15, 0.2) is 0 Å². The number of nitrogens with zero attached hydrogens (tertiary/aromatic N) is 1. The Labute approximate surface area is 131 Å². The summed E-state index contributed by atoms with van der Waals surface area (Å²) in [5, 5.41) is 5.09. The molecule has 0 spiro atoms. The smallest absolute Gasteiger partial charge is 0.317 e. The van der Waals surface area contributed by atoms with E-state index in [0.29, 0.717) is 13.1 Å². The van der Waals surface area contributed by atoms with Gasteiger partial charge in [0.2, 0.25) is 0 Å². The number of amides is 2. The lowest BCUT2D eigenvalue weighted by Crippen LogP contribution is -2.43. The lowest BCUT2D eigenvalue weighted by Gasteiger charge is -2.25. The summed E-state index contributed by atoms with van der Waals surface area (Å²) in [6.07, 6.45) is 5.75. The van der Waals surface area contributed by atoms with Gasteiger partial charge in [-0.1, -0.05) is 25.8 Å². The number of carbonyl (C=O) groups excluding carboxylic acids is 1. The van der Waals surface area contributed by atoms with E-state index >= 15 is 0 Å². The third-order valence-corrected chi connectivity index (χ3v) is 4.58. The first kappa shape index (κ1) is 16.3. The Balaban J connectivity index is 1.85. The van der Waals surface area contributed by atoms with E-state index in [9.17, 15) is 4.79 Å². The maximum Gasteiger partial charge on any atom is 0.317 e. The van der Waals surface area contributed by atoms with Crippen LogP contribution < -0.4 is 5.32 Å². The van der Waals surface area contributed by atoms with Crippen molar-refractivity contribution in [2.24, 2.45) is 0 Å². The highest BCUT2D eigenvalue weighted by molar-refractivity contribution is 7.09. The number of urea groups is 1. The molecule has 4 nitrogen and oxygen atoms in total. The van der Waals surface area contributed by atoms with Crippen LogP contribution in [0.4, 0.5) is 4.79 Å². The summed E-state index contributed by atoms with van der Waals surface area (Å²) >= 11 is 1.70. The Hall–Kier alpha value is -1.07. The van der Waals surface area contributed by atoms with Crippen molar-refractivity contribution in [2.45, 2.75) is 51.7 Å². The Bertz CT molecular complexity index is 402. The van der Waals surface area contributed by atoms with Gasteiger partial charge in [0.1, 0.15) is 0 Å². The van der Waals surface area contributed by atoms with E-state index in [0.717, 1.165) is 38.8 Å². The molecule has 118 valence electrons. The monoisotopic (exact) mass is 310 g/mol. The molecule has 1 aromatic heterocycles. The van der Waals surface area contributed by atoms with Crippen LogP contribution in [0.2, 0.25) is 0 Å². The predicted molar refractivity (Wildman–Crippen MR) is 86.6 cm³/mol. The summed E-state index contributed by atoms with van der Waals surface area (Å²) in [6.45, 7) is 5.13. The number of carbonyl (C=O) groups is 1. The summed E-state index contributed by atoms with van der Waals surface area (Å²) in [5.74, 6) is 0. The molecule has 1 aromatic rings. The van der Waals surface area contributed by atoms with E-state index in [2.05, 4.69) is 23.7 Å². The van der Waals surface area contributed by atoms with Crippen LogP contribution in [0, 0.1) is 0 Å². The average molecular weight is 310 g/mol. The van der Waals surface area contributed by atoms with Gasteiger partial charge in [0.05, 0.1) is 12.6 Å². The molecule has 5 heteroatoms. The highest BCUT2D eigenvalue weighted by Crippen LogP contribution is 2.17. The van der Waals surface area contributed by atoms with Crippen LogP contribution in [-0.2, 0) is 11.3 Å². The number of nitrogens with one attached hydrogen (secondary N) is 1. The van der Waals surface area contributed by atoms with E-state index in [-0.39, 0.29) is 12.1 Å². The number of hydrogen-bond acceptors (Lipinski definition) is 3. The molecule has 0 bridgehead atoms. The zero-order valence-electron chi connectivity index (χ0n) is 12.8. The maximum absolute atomic E-state index is 12.4. The first-order valence-corrected chi connectivity index (χ1v) is 8.84. The normalized spacial score (nSPS) is 17.9. The van der Waals surface area contributed by atoms with Gasteiger partial charge >= 0.3 is 6.03 Å². The quantitative estimate of drug-likeness (QED) is 0.745. The molecular weight excluding hydrogens is 284 g/mol. The van der Waals surface area contributed by atoms with Gasteiger partial charge in [-0.2, -0.15) is 0 Å². The summed E-state index contributed by atoms with van der Waals surface area (Å²) < 4.78 is 5.68. The van der Waals surface area contributed by atoms with Gasteiger partial charge in [-0.25, -0.2) is 4.79 Å². The third kappa shape index (κ3) is 5.67. The molecule has 2 amide bonds. The van der Waals surface area contributed by atoms with Crippen LogP contribution >= 0.6 is 11.3 Å². The fraction of sp³-hybridized carbons (Fsp3) is 0.688. The molecule has 1 aliphatic heterocycles. The van der Waals surface area contributed by atoms with E-state index in [1.54, 1.807) is 11.3 Å². The molecule has 1 unspecified atom stereocenters. The SMILES string of the molecule is CCCCCNC(=O)N(Cc1cccs1)CC1CCCO1. The van der Waals surface area contributed by atoms with Gasteiger partial charge in [0.25, 0.3) is 0 Å². The number of thiophene rings is 1. The highest BCUT2D eigenvalue weighted by Gasteiger charge is 2.22. The van der Waals surface area contributed by atoms with Crippen molar-refractivity contribution >= 4 is 17.4 Å². The van der Waals surface area contributed by atoms with Crippen LogP contribution in [0.1, 0.15) is 43.9 Å². The zero-order chi connectivity index (χ0) is 14.9. The van der Waals surface area contributed by atoms with Crippen molar-refractivity contribution < 1.29 is 9.53 Å². The Kier molecular flexibility index (Phi) is 7.03. The van der Waals surface area contributed by atoms with E-state index in [4.69, 9.17) is 4.74 Å². The van der Waals surface area contributed by atoms with Crippen molar-refractivity contribution in [3.05, 3.63) is 22.4 Å². The predicted octanol–water partition coefficient (Wildman–Crippen LogP) is 3.63. The van der Waals surface area contributed by atoms with Gasteiger partial charge < -0.3 is 15.0 Å². The molecule has 0 radical (unpaired) electrons. The fourth-order valence-electron chi connectivity index (χ4n) is 2.53. The van der Waals surface area contributed by atoms with Crippen LogP contribution in [0.15, 0.2) is 17.5 Å². The first-order valence-electron chi connectivity index (χ1n) is 7.96. The van der Waals surface area contributed by atoms with Gasteiger partial charge in [0, 0.05) is 24.6 Å². The molecular formula is C16H26N2O2S. The number of rotatable bonds is 8. The Morgan fingerprint density at radius 3 is 3.10 bits per heavy atom. The number of hydrogen-bond donors (Lipinski definition) is 1. The fourth-order valence-corrected chi connectivity index (χ4v) is 3.25. The molecule has 2 heterocycles. The molecule has 1 atom stereocenters. The largest absolute Gasteiger partial charge is 0.376 e. The number of unbranched alkanes of at least 4 members (excludes halogenated alkanes) is 2. The lowest BCUT2D eigenvalue weighted by atomic mass is 10.2. The Morgan fingerprint density at radius 1 is 1.52 bits per heavy atom. The van der Waals surface area contributed by atoms with Gasteiger partial charge in [-0.3, -0.25) is 0 Å². The zero-order valence-corrected chi connectivity index (χ0v) is 13.7. The van der Waals surface area contributed by atoms with Crippen LogP contribution in [0.25, 0.3) is 0 Å². The topological polar surface area (TPSA) is 41.6 Å². The molecule has 1 aliphatic rings. The summed E-state index contributed by atoms with van der Waals surface area (Å²) in [4.78, 5) is 15.5. The third-order valence-electron chi connectivity index (χ3n) is 3.72. The second-order valence-electron chi connectivity index (χ2n) is 5.53. The second kappa shape index (κ2) is 9.05. The minimum absolute atomic E-state index is 0.0370. The maximum atomic E-state index is 12.4. The Morgan fingerprint density at radius 2 is 2.43 bits per heavy atom. The minimum Gasteiger partial charge on any atom is -0.376 e. The lowest BCUT2D eigenvalue weighted by molar-refractivity contribution is 0.0797. The highest BCUT2D eigenvalue weighted by atomic mass is 32.1. The van der Waals surface area contributed by atoms with Crippen molar-refractivity contribution in [1.82, 2.24) is 10.2 Å². The van der Waals surface area contributed by atoms with E-state index < -0.39 is 0 Å². The summed E-state index contributed by atoms with van der Waals surface area (Å²) in [6, 6.07) is 4.15. The second-order valence-corrected chi connectivity index (χ2v) is 6.57. The minimum atomic E-state index is 0.0370. The van der Waals surface area contributed by atoms with Gasteiger partial charge in [-0.05, 0) is 30.7 Å².